The van der Waals surface area contributed by atoms with Crippen molar-refractivity contribution < 1.29 is 9.59 Å². The van der Waals surface area contributed by atoms with Gasteiger partial charge in [0.1, 0.15) is 0 Å². The van der Waals surface area contributed by atoms with Gasteiger partial charge >= 0.3 is 0 Å². The van der Waals surface area contributed by atoms with E-state index in [9.17, 15) is 9.59 Å². The van der Waals surface area contributed by atoms with Crippen LogP contribution in [0.3, 0.4) is 0 Å². The van der Waals surface area contributed by atoms with Gasteiger partial charge in [-0.15, -0.1) is 0 Å². The summed E-state index contributed by atoms with van der Waals surface area (Å²) in [5, 5.41) is 2.55. The highest BCUT2D eigenvalue weighted by Gasteiger charge is 2.13. The second-order valence-electron chi connectivity index (χ2n) is 3.67. The predicted molar refractivity (Wildman–Crippen MR) is 59.5 cm³/mol. The molecule has 0 atom stereocenters. The van der Waals surface area contributed by atoms with Gasteiger partial charge in [0, 0.05) is 21.1 Å². The zero-order valence-corrected chi connectivity index (χ0v) is 10.0. The molecule has 0 aromatic rings. The average Bonchev–Trinajstić information content (AvgIpc) is 2.17. The fourth-order valence-electron chi connectivity index (χ4n) is 1.15. The minimum Gasteiger partial charge on any atom is -0.358 e. The van der Waals surface area contributed by atoms with Crippen molar-refractivity contribution in [1.82, 2.24) is 15.1 Å². The number of amides is 2. The number of carbonyl (C=O) groups is 2. The molecule has 0 saturated heterocycles. The topological polar surface area (TPSA) is 52.7 Å². The fraction of sp³-hybridized carbons (Fsp3) is 0.800. The highest BCUT2D eigenvalue weighted by atomic mass is 16.2. The first kappa shape index (κ1) is 13.9. The number of nitrogens with zero attached hydrogens (tertiary/aromatic N) is 2. The van der Waals surface area contributed by atoms with Crippen LogP contribution < -0.4 is 5.32 Å². The molecule has 15 heavy (non-hydrogen) atoms. The third-order valence-corrected chi connectivity index (χ3v) is 2.04. The van der Waals surface area contributed by atoms with Gasteiger partial charge in [-0.2, -0.15) is 0 Å². The Bertz CT molecular complexity index is 217. The standard InChI is InChI=1S/C10H21N3O2/c1-5-6-13(7-9(14)11-2)8-10(15)12(3)4/h5-8H2,1-4H3,(H,11,14). The largest absolute Gasteiger partial charge is 0.358 e. The third kappa shape index (κ3) is 6.06. The molecule has 0 aliphatic carbocycles. The summed E-state index contributed by atoms with van der Waals surface area (Å²) in [7, 11) is 5.03. The quantitative estimate of drug-likeness (QED) is 0.652. The van der Waals surface area contributed by atoms with Crippen molar-refractivity contribution in [2.75, 3.05) is 40.8 Å². The molecule has 0 aromatic heterocycles. The van der Waals surface area contributed by atoms with Crippen LogP contribution >= 0.6 is 0 Å². The highest BCUT2D eigenvalue weighted by Crippen LogP contribution is 1.93. The summed E-state index contributed by atoms with van der Waals surface area (Å²) in [5.41, 5.74) is 0. The Labute approximate surface area is 91.4 Å². The zero-order valence-electron chi connectivity index (χ0n) is 10.0. The SMILES string of the molecule is CCCN(CC(=O)NC)CC(=O)N(C)C. The van der Waals surface area contributed by atoms with Crippen molar-refractivity contribution in [2.24, 2.45) is 0 Å². The summed E-state index contributed by atoms with van der Waals surface area (Å²) in [5.74, 6) is -0.0395. The van der Waals surface area contributed by atoms with Gasteiger partial charge in [-0.05, 0) is 13.0 Å². The first-order valence-electron chi connectivity index (χ1n) is 5.14. The van der Waals surface area contributed by atoms with Crippen LogP contribution in [-0.2, 0) is 9.59 Å². The number of hydrogen-bond acceptors (Lipinski definition) is 3. The zero-order chi connectivity index (χ0) is 11.8. The molecule has 0 radical (unpaired) electrons. The van der Waals surface area contributed by atoms with E-state index in [-0.39, 0.29) is 18.4 Å². The van der Waals surface area contributed by atoms with Crippen LogP contribution in [0, 0.1) is 0 Å². The highest BCUT2D eigenvalue weighted by molar-refractivity contribution is 5.80. The Morgan fingerprint density at radius 2 is 1.80 bits per heavy atom. The molecule has 1 N–H and O–H groups in total. The Kier molecular flexibility index (Phi) is 6.70. The van der Waals surface area contributed by atoms with Crippen LogP contribution in [0.4, 0.5) is 0 Å². The van der Waals surface area contributed by atoms with E-state index in [0.29, 0.717) is 6.54 Å². The number of nitrogens with one attached hydrogen (secondary N) is 1. The lowest BCUT2D eigenvalue weighted by Gasteiger charge is -2.21. The Hall–Kier alpha value is -1.10. The summed E-state index contributed by atoms with van der Waals surface area (Å²) in [6, 6.07) is 0. The van der Waals surface area contributed by atoms with E-state index >= 15 is 0 Å². The molecule has 0 saturated carbocycles. The van der Waals surface area contributed by atoms with Crippen LogP contribution in [0.2, 0.25) is 0 Å². The van der Waals surface area contributed by atoms with Crippen molar-refractivity contribution in [3.05, 3.63) is 0 Å². The first-order valence-corrected chi connectivity index (χ1v) is 5.14. The maximum atomic E-state index is 11.5. The van der Waals surface area contributed by atoms with Gasteiger partial charge in [-0.1, -0.05) is 6.92 Å². The van der Waals surface area contributed by atoms with Crippen molar-refractivity contribution >= 4 is 11.8 Å². The van der Waals surface area contributed by atoms with Gasteiger partial charge in [0.15, 0.2) is 0 Å². The van der Waals surface area contributed by atoms with Crippen molar-refractivity contribution in [1.29, 1.82) is 0 Å². The maximum absolute atomic E-state index is 11.5. The normalized spacial score (nSPS) is 10.2. The minimum absolute atomic E-state index is 0.0207. The number of likely N-dealkylation sites (N-methyl/N-ethyl adjacent to an activating group) is 2. The molecule has 0 spiro atoms. The summed E-state index contributed by atoms with van der Waals surface area (Å²) >= 11 is 0. The van der Waals surface area contributed by atoms with Gasteiger partial charge in [-0.3, -0.25) is 14.5 Å². The average molecular weight is 215 g/mol. The maximum Gasteiger partial charge on any atom is 0.236 e. The number of carbonyl (C=O) groups excluding carboxylic acids is 2. The lowest BCUT2D eigenvalue weighted by Crippen LogP contribution is -2.42. The summed E-state index contributed by atoms with van der Waals surface area (Å²) in [6.45, 7) is 3.36. The first-order chi connectivity index (χ1) is 7.01. The molecule has 0 aliphatic rings. The molecule has 88 valence electrons. The lowest BCUT2D eigenvalue weighted by atomic mass is 10.3. The van der Waals surface area contributed by atoms with Crippen molar-refractivity contribution in [2.45, 2.75) is 13.3 Å². The van der Waals surface area contributed by atoms with Gasteiger partial charge in [0.25, 0.3) is 0 Å². The van der Waals surface area contributed by atoms with E-state index < -0.39 is 0 Å². The number of hydrogen-bond donors (Lipinski definition) is 1. The summed E-state index contributed by atoms with van der Waals surface area (Å²) in [6.07, 6.45) is 0.928. The molecule has 0 bridgehead atoms. The molecule has 5 nitrogen and oxygen atoms in total. The third-order valence-electron chi connectivity index (χ3n) is 2.04. The monoisotopic (exact) mass is 215 g/mol. The molecule has 0 heterocycles. The van der Waals surface area contributed by atoms with E-state index in [2.05, 4.69) is 5.32 Å². The Morgan fingerprint density at radius 1 is 1.20 bits per heavy atom. The van der Waals surface area contributed by atoms with Gasteiger partial charge in [0.05, 0.1) is 13.1 Å². The molecular formula is C10H21N3O2. The molecule has 0 rings (SSSR count). The number of rotatable bonds is 6. The van der Waals surface area contributed by atoms with Crippen LogP contribution in [-0.4, -0.2) is 62.4 Å². The van der Waals surface area contributed by atoms with Crippen LogP contribution in [0.25, 0.3) is 0 Å². The molecule has 0 aromatic carbocycles. The minimum atomic E-state index is -0.0602. The van der Waals surface area contributed by atoms with E-state index in [1.165, 1.54) is 4.90 Å². The second-order valence-corrected chi connectivity index (χ2v) is 3.67. The molecule has 0 unspecified atom stereocenters. The predicted octanol–water partition coefficient (Wildman–Crippen LogP) is -0.467. The van der Waals surface area contributed by atoms with Gasteiger partial charge in [0.2, 0.25) is 11.8 Å². The van der Waals surface area contributed by atoms with Crippen molar-refractivity contribution in [3.63, 3.8) is 0 Å². The molecule has 0 fully saturated rings. The van der Waals surface area contributed by atoms with E-state index in [0.717, 1.165) is 13.0 Å². The Balaban J connectivity index is 4.14. The van der Waals surface area contributed by atoms with Crippen LogP contribution in [0.1, 0.15) is 13.3 Å². The smallest absolute Gasteiger partial charge is 0.236 e. The molecule has 5 heteroatoms. The molecular weight excluding hydrogens is 194 g/mol. The van der Waals surface area contributed by atoms with Crippen LogP contribution in [0.15, 0.2) is 0 Å². The van der Waals surface area contributed by atoms with Gasteiger partial charge < -0.3 is 10.2 Å². The van der Waals surface area contributed by atoms with E-state index in [1.807, 2.05) is 11.8 Å². The molecule has 0 aliphatic heterocycles. The second kappa shape index (κ2) is 7.23. The summed E-state index contributed by atoms with van der Waals surface area (Å²) in [4.78, 5) is 26.0. The van der Waals surface area contributed by atoms with Crippen LogP contribution in [0.5, 0.6) is 0 Å². The summed E-state index contributed by atoms with van der Waals surface area (Å²) < 4.78 is 0. The van der Waals surface area contributed by atoms with E-state index in [4.69, 9.17) is 0 Å². The van der Waals surface area contributed by atoms with Crippen molar-refractivity contribution in [3.8, 4) is 0 Å². The lowest BCUT2D eigenvalue weighted by molar-refractivity contribution is -0.130. The fourth-order valence-corrected chi connectivity index (χ4v) is 1.15. The van der Waals surface area contributed by atoms with E-state index in [1.54, 1.807) is 21.1 Å². The van der Waals surface area contributed by atoms with Gasteiger partial charge in [-0.25, -0.2) is 0 Å². The Morgan fingerprint density at radius 3 is 2.20 bits per heavy atom. The molecule has 2 amide bonds.